The van der Waals surface area contributed by atoms with E-state index in [0.29, 0.717) is 17.2 Å². The summed E-state index contributed by atoms with van der Waals surface area (Å²) in [7, 11) is 2.92. The zero-order valence-corrected chi connectivity index (χ0v) is 19.6. The number of hydrogen-bond acceptors (Lipinski definition) is 8. The average molecular weight is 493 g/mol. The van der Waals surface area contributed by atoms with Gasteiger partial charge in [-0.1, -0.05) is 0 Å². The van der Waals surface area contributed by atoms with Crippen molar-refractivity contribution in [3.8, 4) is 28.7 Å². The van der Waals surface area contributed by atoms with Gasteiger partial charge in [0.25, 0.3) is 0 Å². The molecule has 2 N–H and O–H groups in total. The van der Waals surface area contributed by atoms with E-state index in [4.69, 9.17) is 23.7 Å². The van der Waals surface area contributed by atoms with Crippen LogP contribution < -0.4 is 24.3 Å². The van der Waals surface area contributed by atoms with Gasteiger partial charge in [0.05, 0.1) is 32.3 Å². The first-order chi connectivity index (χ1) is 17.5. The molecule has 3 aromatic carbocycles. The van der Waals surface area contributed by atoms with Crippen molar-refractivity contribution >= 4 is 11.5 Å². The number of anilines is 1. The molecule has 2 aliphatic heterocycles. The second-order valence-electron chi connectivity index (χ2n) is 8.98. The number of carbonyl (C=O) groups excluding carboxylic acids is 1. The van der Waals surface area contributed by atoms with Crippen molar-refractivity contribution in [1.29, 1.82) is 0 Å². The second kappa shape index (κ2) is 8.60. The Labute approximate surface area is 206 Å². The quantitative estimate of drug-likeness (QED) is 0.547. The van der Waals surface area contributed by atoms with Gasteiger partial charge in [0, 0.05) is 11.6 Å². The first-order valence-corrected chi connectivity index (χ1v) is 11.5. The first-order valence-electron chi connectivity index (χ1n) is 11.5. The third-order valence-corrected chi connectivity index (χ3v) is 7.11. The van der Waals surface area contributed by atoms with Gasteiger partial charge in [0.15, 0.2) is 28.8 Å². The highest BCUT2D eigenvalue weighted by molar-refractivity contribution is 5.87. The number of halogens is 1. The Morgan fingerprint density at radius 1 is 0.972 bits per heavy atom. The minimum atomic E-state index is -0.533. The molecule has 9 heteroatoms. The average Bonchev–Trinajstić information content (AvgIpc) is 3.51. The molecule has 36 heavy (non-hydrogen) atoms. The van der Waals surface area contributed by atoms with Gasteiger partial charge in [0.2, 0.25) is 12.5 Å². The lowest BCUT2D eigenvalue weighted by molar-refractivity contribution is -0.120. The van der Waals surface area contributed by atoms with Crippen LogP contribution in [-0.4, -0.2) is 44.6 Å². The molecule has 0 radical (unpaired) electrons. The molecule has 0 saturated carbocycles. The third kappa shape index (κ3) is 3.50. The minimum absolute atomic E-state index is 0.0273. The summed E-state index contributed by atoms with van der Waals surface area (Å²) < 4.78 is 41.7. The van der Waals surface area contributed by atoms with E-state index in [1.165, 1.54) is 26.4 Å². The fourth-order valence-corrected chi connectivity index (χ4v) is 5.49. The Hall–Kier alpha value is -3.98. The number of Topliss-reactive ketones (excluding diaryl/α,β-unsaturated/α-hetero) is 1. The molecule has 3 aliphatic rings. The first kappa shape index (κ1) is 22.5. The van der Waals surface area contributed by atoms with Crippen LogP contribution in [0.25, 0.3) is 0 Å². The number of benzene rings is 3. The lowest BCUT2D eigenvalue weighted by atomic mass is 9.67. The zero-order valence-electron chi connectivity index (χ0n) is 19.6. The van der Waals surface area contributed by atoms with Crippen molar-refractivity contribution in [2.45, 2.75) is 18.1 Å². The van der Waals surface area contributed by atoms with Crippen LogP contribution in [0, 0.1) is 11.7 Å². The van der Waals surface area contributed by atoms with Gasteiger partial charge < -0.3 is 34.1 Å². The molecule has 1 saturated heterocycles. The summed E-state index contributed by atoms with van der Waals surface area (Å²) in [6.45, 7) is 0.0720. The van der Waals surface area contributed by atoms with Crippen molar-refractivity contribution < 1.29 is 38.0 Å². The van der Waals surface area contributed by atoms with Gasteiger partial charge >= 0.3 is 0 Å². The van der Waals surface area contributed by atoms with Gasteiger partial charge in [-0.3, -0.25) is 4.79 Å². The van der Waals surface area contributed by atoms with E-state index in [2.05, 4.69) is 5.32 Å². The predicted octanol–water partition coefficient (Wildman–Crippen LogP) is 4.16. The molecule has 0 amide bonds. The van der Waals surface area contributed by atoms with Crippen molar-refractivity contribution in [2.24, 2.45) is 5.92 Å². The topological polar surface area (TPSA) is 95.5 Å². The van der Waals surface area contributed by atoms with Gasteiger partial charge in [-0.2, -0.15) is 0 Å². The van der Waals surface area contributed by atoms with Gasteiger partial charge in [-0.05, 0) is 65.2 Å². The van der Waals surface area contributed by atoms with Crippen LogP contribution in [0.15, 0.2) is 48.5 Å². The maximum atomic E-state index is 13.5. The number of phenolic OH excluding ortho intramolecular Hbond substituents is 1. The van der Waals surface area contributed by atoms with Crippen LogP contribution in [0.2, 0.25) is 0 Å². The van der Waals surface area contributed by atoms with Crippen LogP contribution >= 0.6 is 0 Å². The fraction of sp³-hybridized carbons (Fsp3) is 0.296. The molecule has 0 aromatic heterocycles. The molecule has 6 rings (SSSR count). The van der Waals surface area contributed by atoms with Crippen molar-refractivity contribution in [1.82, 2.24) is 0 Å². The number of fused-ring (bicyclic) bond motifs is 3. The Bertz CT molecular complexity index is 1320. The molecule has 0 unspecified atom stereocenters. The lowest BCUT2D eigenvalue weighted by Gasteiger charge is -2.40. The smallest absolute Gasteiger partial charge is 0.231 e. The van der Waals surface area contributed by atoms with Crippen LogP contribution in [0.1, 0.15) is 28.7 Å². The van der Waals surface area contributed by atoms with Crippen LogP contribution in [-0.2, 0) is 9.53 Å². The SMILES string of the molecule is COc1cc([C@@H]2c3cc4c(cc3[C@@H](Nc3ccc(F)cc3)[C@H]3OCC(=O)[C@H]23)OCO4)cc(OC)c1O. The highest BCUT2D eigenvalue weighted by Gasteiger charge is 2.52. The Morgan fingerprint density at radius 3 is 2.25 bits per heavy atom. The van der Waals surface area contributed by atoms with E-state index in [1.54, 1.807) is 24.3 Å². The van der Waals surface area contributed by atoms with E-state index >= 15 is 0 Å². The van der Waals surface area contributed by atoms with Crippen molar-refractivity contribution in [3.05, 3.63) is 71.0 Å². The molecule has 0 spiro atoms. The standard InChI is InChI=1S/C27H24FNO7/c1-32-21-7-13(8-22(33-2)26(21)31)23-16-9-19-20(36-12-35-19)10-17(16)25(27-24(23)18(30)11-34-27)29-15-5-3-14(28)4-6-15/h3-10,23-25,27,29,31H,11-12H2,1-2H3/t23-,24-,25-,27+/m1/s1. The van der Waals surface area contributed by atoms with Crippen molar-refractivity contribution in [2.75, 3.05) is 32.9 Å². The van der Waals surface area contributed by atoms with E-state index < -0.39 is 24.0 Å². The molecule has 1 aliphatic carbocycles. The number of aromatic hydroxyl groups is 1. The van der Waals surface area contributed by atoms with Crippen molar-refractivity contribution in [3.63, 3.8) is 0 Å². The van der Waals surface area contributed by atoms with Gasteiger partial charge in [0.1, 0.15) is 12.4 Å². The molecule has 2 heterocycles. The van der Waals surface area contributed by atoms with E-state index in [-0.39, 0.29) is 42.2 Å². The summed E-state index contributed by atoms with van der Waals surface area (Å²) in [5, 5.41) is 13.9. The molecular formula is C27H24FNO7. The third-order valence-electron chi connectivity index (χ3n) is 7.11. The summed E-state index contributed by atoms with van der Waals surface area (Å²) in [5.41, 5.74) is 3.15. The molecule has 0 bridgehead atoms. The Morgan fingerprint density at radius 2 is 1.61 bits per heavy atom. The van der Waals surface area contributed by atoms with E-state index in [1.807, 2.05) is 12.1 Å². The van der Waals surface area contributed by atoms with Crippen LogP contribution in [0.3, 0.4) is 0 Å². The summed E-state index contributed by atoms with van der Waals surface area (Å²) in [6, 6.07) is 12.9. The second-order valence-corrected chi connectivity index (χ2v) is 8.98. The van der Waals surface area contributed by atoms with E-state index in [9.17, 15) is 14.3 Å². The summed E-state index contributed by atoms with van der Waals surface area (Å²) in [6.07, 6.45) is -0.508. The molecule has 3 aromatic rings. The summed E-state index contributed by atoms with van der Waals surface area (Å²) in [4.78, 5) is 13.3. The maximum Gasteiger partial charge on any atom is 0.231 e. The van der Waals surface area contributed by atoms with Gasteiger partial charge in [-0.25, -0.2) is 4.39 Å². The molecular weight excluding hydrogens is 469 g/mol. The number of methoxy groups -OCH3 is 2. The summed E-state index contributed by atoms with van der Waals surface area (Å²) in [5.74, 6) is 0.204. The molecule has 1 fully saturated rings. The number of phenols is 1. The Kier molecular flexibility index (Phi) is 5.37. The Balaban J connectivity index is 1.55. The van der Waals surface area contributed by atoms with Gasteiger partial charge in [-0.15, -0.1) is 0 Å². The lowest BCUT2D eigenvalue weighted by Crippen LogP contribution is -2.41. The fourth-order valence-electron chi connectivity index (χ4n) is 5.49. The monoisotopic (exact) mass is 493 g/mol. The van der Waals surface area contributed by atoms with Crippen LogP contribution in [0.4, 0.5) is 10.1 Å². The zero-order chi connectivity index (χ0) is 25.0. The number of ketones is 1. The number of ether oxygens (including phenoxy) is 5. The minimum Gasteiger partial charge on any atom is -0.502 e. The van der Waals surface area contributed by atoms with Crippen LogP contribution in [0.5, 0.6) is 28.7 Å². The normalized spacial score (nSPS) is 23.7. The highest BCUT2D eigenvalue weighted by Crippen LogP contribution is 2.54. The number of nitrogens with one attached hydrogen (secondary N) is 1. The molecule has 8 nitrogen and oxygen atoms in total. The number of rotatable bonds is 5. The van der Waals surface area contributed by atoms with E-state index in [0.717, 1.165) is 16.7 Å². The number of hydrogen-bond donors (Lipinski definition) is 2. The highest BCUT2D eigenvalue weighted by atomic mass is 19.1. The maximum absolute atomic E-state index is 13.5. The molecule has 4 atom stereocenters. The predicted molar refractivity (Wildman–Crippen MR) is 127 cm³/mol. The molecule has 186 valence electrons. The number of carbonyl (C=O) groups is 1. The summed E-state index contributed by atoms with van der Waals surface area (Å²) >= 11 is 0. The largest absolute Gasteiger partial charge is 0.502 e.